The highest BCUT2D eigenvalue weighted by atomic mass is 16.2. The SMILES string of the molecule is CCC=CC(C)C(C)=CC[O]. The Balaban J connectivity index is 3.91. The molecule has 0 saturated heterocycles. The van der Waals surface area contributed by atoms with E-state index in [1.807, 2.05) is 6.92 Å². The highest BCUT2D eigenvalue weighted by Crippen LogP contribution is 2.10. The number of allylic oxidation sites excluding steroid dienone is 3. The standard InChI is InChI=1S/C10H17O/c1-4-5-6-9(2)10(3)7-8-11/h5-7,9H,4,8H2,1-3H3. The van der Waals surface area contributed by atoms with Gasteiger partial charge in [-0.2, -0.15) is 0 Å². The first-order valence-corrected chi connectivity index (χ1v) is 4.13. The summed E-state index contributed by atoms with van der Waals surface area (Å²) in [6, 6.07) is 0. The fourth-order valence-corrected chi connectivity index (χ4v) is 0.809. The van der Waals surface area contributed by atoms with Crippen molar-refractivity contribution in [2.75, 3.05) is 6.61 Å². The largest absolute Gasteiger partial charge is 0.232 e. The van der Waals surface area contributed by atoms with Gasteiger partial charge in [0, 0.05) is 0 Å². The van der Waals surface area contributed by atoms with Gasteiger partial charge in [-0.25, -0.2) is 5.11 Å². The third-order valence-electron chi connectivity index (χ3n) is 1.78. The molecule has 11 heavy (non-hydrogen) atoms. The Morgan fingerprint density at radius 1 is 1.55 bits per heavy atom. The first kappa shape index (κ1) is 10.4. The van der Waals surface area contributed by atoms with E-state index in [1.54, 1.807) is 6.08 Å². The molecule has 0 aromatic carbocycles. The number of hydrogen-bond donors (Lipinski definition) is 0. The molecule has 0 bridgehead atoms. The fraction of sp³-hybridized carbons (Fsp3) is 0.600. The molecule has 0 amide bonds. The molecule has 0 aromatic rings. The van der Waals surface area contributed by atoms with Gasteiger partial charge in [-0.3, -0.25) is 0 Å². The highest BCUT2D eigenvalue weighted by Gasteiger charge is 1.96. The third-order valence-corrected chi connectivity index (χ3v) is 1.78. The van der Waals surface area contributed by atoms with Gasteiger partial charge in [0.2, 0.25) is 0 Å². The van der Waals surface area contributed by atoms with E-state index in [0.717, 1.165) is 6.42 Å². The molecule has 1 radical (unpaired) electrons. The van der Waals surface area contributed by atoms with Gasteiger partial charge >= 0.3 is 0 Å². The molecular weight excluding hydrogens is 136 g/mol. The van der Waals surface area contributed by atoms with Gasteiger partial charge in [-0.05, 0) is 19.3 Å². The Labute approximate surface area is 69.4 Å². The Hall–Kier alpha value is -0.560. The second kappa shape index (κ2) is 6.17. The van der Waals surface area contributed by atoms with E-state index in [4.69, 9.17) is 0 Å². The Kier molecular flexibility index (Phi) is 5.86. The van der Waals surface area contributed by atoms with Crippen LogP contribution in [0.15, 0.2) is 23.8 Å². The molecule has 1 nitrogen and oxygen atoms in total. The molecule has 63 valence electrons. The predicted molar refractivity (Wildman–Crippen MR) is 47.9 cm³/mol. The van der Waals surface area contributed by atoms with Crippen LogP contribution in [-0.2, 0) is 5.11 Å². The lowest BCUT2D eigenvalue weighted by molar-refractivity contribution is 0.231. The van der Waals surface area contributed by atoms with Crippen LogP contribution in [0.3, 0.4) is 0 Å². The molecule has 0 aliphatic carbocycles. The van der Waals surface area contributed by atoms with Gasteiger partial charge in [0.15, 0.2) is 0 Å². The summed E-state index contributed by atoms with van der Waals surface area (Å²) in [5, 5.41) is 10.2. The predicted octanol–water partition coefficient (Wildman–Crippen LogP) is 2.97. The third kappa shape index (κ3) is 4.79. The first-order chi connectivity index (χ1) is 5.22. The van der Waals surface area contributed by atoms with E-state index in [1.165, 1.54) is 5.57 Å². The molecule has 0 spiro atoms. The molecule has 0 N–H and O–H groups in total. The molecule has 1 atom stereocenters. The minimum absolute atomic E-state index is 0.101. The average Bonchev–Trinajstić information content (AvgIpc) is 2.00. The summed E-state index contributed by atoms with van der Waals surface area (Å²) in [7, 11) is 0. The van der Waals surface area contributed by atoms with E-state index in [2.05, 4.69) is 26.0 Å². The smallest absolute Gasteiger partial charge is 0.101 e. The van der Waals surface area contributed by atoms with E-state index >= 15 is 0 Å². The van der Waals surface area contributed by atoms with Gasteiger partial charge in [-0.15, -0.1) is 0 Å². The molecular formula is C10H17O. The second-order valence-electron chi connectivity index (χ2n) is 2.74. The minimum Gasteiger partial charge on any atom is -0.232 e. The minimum atomic E-state index is -0.101. The van der Waals surface area contributed by atoms with Crippen molar-refractivity contribution in [1.29, 1.82) is 0 Å². The molecule has 0 aliphatic rings. The van der Waals surface area contributed by atoms with Crippen LogP contribution in [0, 0.1) is 5.92 Å². The monoisotopic (exact) mass is 153 g/mol. The highest BCUT2D eigenvalue weighted by molar-refractivity contribution is 5.09. The lowest BCUT2D eigenvalue weighted by Gasteiger charge is -2.04. The molecule has 1 unspecified atom stereocenters. The Morgan fingerprint density at radius 3 is 2.64 bits per heavy atom. The zero-order valence-corrected chi connectivity index (χ0v) is 7.63. The molecule has 0 rings (SSSR count). The summed E-state index contributed by atoms with van der Waals surface area (Å²) in [5.41, 5.74) is 1.17. The van der Waals surface area contributed by atoms with E-state index < -0.39 is 0 Å². The average molecular weight is 153 g/mol. The van der Waals surface area contributed by atoms with Crippen LogP contribution >= 0.6 is 0 Å². The van der Waals surface area contributed by atoms with E-state index in [0.29, 0.717) is 5.92 Å². The maximum Gasteiger partial charge on any atom is 0.101 e. The van der Waals surface area contributed by atoms with E-state index in [-0.39, 0.29) is 6.61 Å². The van der Waals surface area contributed by atoms with Crippen LogP contribution in [0.4, 0.5) is 0 Å². The van der Waals surface area contributed by atoms with Gasteiger partial charge in [0.1, 0.15) is 6.61 Å². The van der Waals surface area contributed by atoms with E-state index in [9.17, 15) is 5.11 Å². The zero-order chi connectivity index (χ0) is 8.69. The lowest BCUT2D eigenvalue weighted by Crippen LogP contribution is -1.92. The quantitative estimate of drug-likeness (QED) is 0.553. The van der Waals surface area contributed by atoms with Crippen molar-refractivity contribution in [1.82, 2.24) is 0 Å². The molecule has 1 heteroatoms. The topological polar surface area (TPSA) is 19.9 Å². The van der Waals surface area contributed by atoms with Crippen LogP contribution in [0.25, 0.3) is 0 Å². The van der Waals surface area contributed by atoms with Crippen LogP contribution in [0.5, 0.6) is 0 Å². The normalized spacial score (nSPS) is 15.8. The fourth-order valence-electron chi connectivity index (χ4n) is 0.809. The van der Waals surface area contributed by atoms with Crippen molar-refractivity contribution in [3.8, 4) is 0 Å². The summed E-state index contributed by atoms with van der Waals surface area (Å²) >= 11 is 0. The van der Waals surface area contributed by atoms with Crippen molar-refractivity contribution in [3.05, 3.63) is 23.8 Å². The summed E-state index contributed by atoms with van der Waals surface area (Å²) in [5.74, 6) is 0.420. The molecule has 0 aliphatic heterocycles. The summed E-state index contributed by atoms with van der Waals surface area (Å²) in [6.07, 6.45) is 7.08. The van der Waals surface area contributed by atoms with Gasteiger partial charge in [-0.1, -0.05) is 37.6 Å². The van der Waals surface area contributed by atoms with Gasteiger partial charge in [0.25, 0.3) is 0 Å². The van der Waals surface area contributed by atoms with Crippen molar-refractivity contribution < 1.29 is 5.11 Å². The van der Waals surface area contributed by atoms with Crippen LogP contribution < -0.4 is 0 Å². The van der Waals surface area contributed by atoms with Crippen LogP contribution in [-0.4, -0.2) is 6.61 Å². The van der Waals surface area contributed by atoms with Gasteiger partial charge in [0.05, 0.1) is 0 Å². The van der Waals surface area contributed by atoms with Crippen LogP contribution in [0.2, 0.25) is 0 Å². The summed E-state index contributed by atoms with van der Waals surface area (Å²) in [4.78, 5) is 0. The Morgan fingerprint density at radius 2 is 2.18 bits per heavy atom. The summed E-state index contributed by atoms with van der Waals surface area (Å²) < 4.78 is 0. The molecule has 0 fully saturated rings. The van der Waals surface area contributed by atoms with Crippen molar-refractivity contribution in [2.45, 2.75) is 27.2 Å². The molecule has 0 saturated carbocycles. The first-order valence-electron chi connectivity index (χ1n) is 4.13. The van der Waals surface area contributed by atoms with Crippen molar-refractivity contribution in [2.24, 2.45) is 5.92 Å². The molecule has 0 aromatic heterocycles. The number of rotatable bonds is 4. The van der Waals surface area contributed by atoms with Crippen molar-refractivity contribution in [3.63, 3.8) is 0 Å². The van der Waals surface area contributed by atoms with Crippen LogP contribution in [0.1, 0.15) is 27.2 Å². The number of hydrogen-bond acceptors (Lipinski definition) is 0. The second-order valence-corrected chi connectivity index (χ2v) is 2.74. The van der Waals surface area contributed by atoms with Crippen molar-refractivity contribution >= 4 is 0 Å². The van der Waals surface area contributed by atoms with Gasteiger partial charge < -0.3 is 0 Å². The molecule has 0 heterocycles. The maximum absolute atomic E-state index is 10.2. The summed E-state index contributed by atoms with van der Waals surface area (Å²) in [6.45, 7) is 6.11. The maximum atomic E-state index is 10.2. The lowest BCUT2D eigenvalue weighted by atomic mass is 10.0. The Bertz CT molecular complexity index is 145. The zero-order valence-electron chi connectivity index (χ0n) is 7.63.